The van der Waals surface area contributed by atoms with E-state index in [2.05, 4.69) is 16.4 Å². The molecule has 2 aromatic rings. The Morgan fingerprint density at radius 2 is 2.16 bits per heavy atom. The molecule has 0 saturated carbocycles. The lowest BCUT2D eigenvalue weighted by atomic mass is 10.2. The number of anilines is 1. The van der Waals surface area contributed by atoms with E-state index in [1.165, 1.54) is 13.1 Å². The molecule has 0 radical (unpaired) electrons. The minimum Gasteiger partial charge on any atom is -0.490 e. The first-order valence-electron chi connectivity index (χ1n) is 8.77. The molecule has 0 aliphatic heterocycles. The molecule has 0 saturated heterocycles. The maximum Gasteiger partial charge on any atom is 0.286 e. The van der Waals surface area contributed by atoms with Gasteiger partial charge in [0, 0.05) is 38.1 Å². The van der Waals surface area contributed by atoms with E-state index in [0.29, 0.717) is 0 Å². The number of amides is 1. The highest BCUT2D eigenvalue weighted by atomic mass is 32.2. The SMILES string of the molecule is C=NS(=O)(=O)c1cn(C)c(C(=O)Nc2ccc(F)c(C#N)c2)c1OCC[C@@H](O)C=C(F)F. The Morgan fingerprint density at radius 1 is 1.47 bits per heavy atom. The molecular weight excluding hydrogens is 453 g/mol. The Hall–Kier alpha value is -3.63. The first-order valence-corrected chi connectivity index (χ1v) is 10.2. The second kappa shape index (κ2) is 10.1. The van der Waals surface area contributed by atoms with Crippen LogP contribution in [-0.2, 0) is 17.1 Å². The number of aromatic nitrogens is 1. The normalized spacial score (nSPS) is 11.9. The number of nitriles is 1. The molecule has 0 fully saturated rings. The fourth-order valence-electron chi connectivity index (χ4n) is 2.62. The minimum absolute atomic E-state index is 0.0466. The molecule has 0 unspecified atom stereocenters. The van der Waals surface area contributed by atoms with Crippen LogP contribution in [0.25, 0.3) is 0 Å². The number of nitrogens with one attached hydrogen (secondary N) is 1. The fourth-order valence-corrected chi connectivity index (χ4v) is 3.44. The second-order valence-corrected chi connectivity index (χ2v) is 7.96. The molecule has 1 heterocycles. The Bertz CT molecular complexity index is 1210. The van der Waals surface area contributed by atoms with Gasteiger partial charge in [0.1, 0.15) is 16.8 Å². The number of hydrogen-bond acceptors (Lipinski definition) is 6. The smallest absolute Gasteiger partial charge is 0.286 e. The number of hydrogen-bond donors (Lipinski definition) is 2. The molecule has 170 valence electrons. The van der Waals surface area contributed by atoms with E-state index in [4.69, 9.17) is 10.00 Å². The summed E-state index contributed by atoms with van der Waals surface area (Å²) in [6.45, 7) is 2.54. The minimum atomic E-state index is -4.32. The monoisotopic (exact) mass is 470 g/mol. The quantitative estimate of drug-likeness (QED) is 0.541. The highest BCUT2D eigenvalue weighted by molar-refractivity contribution is 7.90. The van der Waals surface area contributed by atoms with Crippen molar-refractivity contribution >= 4 is 28.3 Å². The van der Waals surface area contributed by atoms with Gasteiger partial charge in [0.2, 0.25) is 0 Å². The van der Waals surface area contributed by atoms with Crippen molar-refractivity contribution in [2.24, 2.45) is 11.4 Å². The largest absolute Gasteiger partial charge is 0.490 e. The molecular formula is C19H17F3N4O5S. The molecule has 0 aliphatic rings. The van der Waals surface area contributed by atoms with Gasteiger partial charge in [0.15, 0.2) is 11.4 Å². The summed E-state index contributed by atoms with van der Waals surface area (Å²) in [7, 11) is -2.98. The van der Waals surface area contributed by atoms with Crippen LogP contribution in [0.4, 0.5) is 18.9 Å². The Labute approximate surface area is 181 Å². The third kappa shape index (κ3) is 5.74. The molecule has 9 nitrogen and oxygen atoms in total. The Morgan fingerprint density at radius 3 is 2.75 bits per heavy atom. The molecule has 13 heteroatoms. The van der Waals surface area contributed by atoms with Crippen LogP contribution in [0.5, 0.6) is 5.75 Å². The van der Waals surface area contributed by atoms with Crippen molar-refractivity contribution in [3.8, 4) is 11.8 Å². The lowest BCUT2D eigenvalue weighted by molar-refractivity contribution is 0.101. The molecule has 2 N–H and O–H groups in total. The average Bonchev–Trinajstić information content (AvgIpc) is 3.05. The van der Waals surface area contributed by atoms with Crippen LogP contribution in [0.1, 0.15) is 22.5 Å². The number of aliphatic hydroxyl groups excluding tert-OH is 1. The van der Waals surface area contributed by atoms with Crippen molar-refractivity contribution in [1.82, 2.24) is 4.57 Å². The summed E-state index contributed by atoms with van der Waals surface area (Å²) in [6.07, 6.45) is -2.68. The zero-order valence-electron chi connectivity index (χ0n) is 16.5. The zero-order chi connectivity index (χ0) is 24.1. The third-order valence-electron chi connectivity index (χ3n) is 4.09. The van der Waals surface area contributed by atoms with Crippen LogP contribution >= 0.6 is 0 Å². The van der Waals surface area contributed by atoms with Gasteiger partial charge in [-0.2, -0.15) is 26.9 Å². The maximum atomic E-state index is 13.5. The van der Waals surface area contributed by atoms with E-state index in [9.17, 15) is 31.5 Å². The van der Waals surface area contributed by atoms with Gasteiger partial charge in [0.25, 0.3) is 22.0 Å². The van der Waals surface area contributed by atoms with E-state index in [1.807, 2.05) is 0 Å². The van der Waals surface area contributed by atoms with Gasteiger partial charge in [-0.15, -0.1) is 0 Å². The van der Waals surface area contributed by atoms with Crippen LogP contribution in [0.3, 0.4) is 0 Å². The predicted molar refractivity (Wildman–Crippen MR) is 108 cm³/mol. The molecule has 0 spiro atoms. The lowest BCUT2D eigenvalue weighted by Gasteiger charge is -2.12. The van der Waals surface area contributed by atoms with E-state index >= 15 is 0 Å². The number of sulfonamides is 1. The van der Waals surface area contributed by atoms with Crippen molar-refractivity contribution in [2.75, 3.05) is 11.9 Å². The third-order valence-corrected chi connectivity index (χ3v) is 5.28. The zero-order valence-corrected chi connectivity index (χ0v) is 17.4. The van der Waals surface area contributed by atoms with Gasteiger partial charge in [-0.25, -0.2) is 4.39 Å². The highest BCUT2D eigenvalue weighted by Crippen LogP contribution is 2.32. The van der Waals surface area contributed by atoms with Crippen molar-refractivity contribution in [2.45, 2.75) is 17.4 Å². The summed E-state index contributed by atoms with van der Waals surface area (Å²) in [5.74, 6) is -2.12. The number of rotatable bonds is 9. The van der Waals surface area contributed by atoms with E-state index in [0.717, 1.165) is 22.9 Å². The molecule has 32 heavy (non-hydrogen) atoms. The number of halogens is 3. The first-order chi connectivity index (χ1) is 15.0. The maximum absolute atomic E-state index is 13.5. The van der Waals surface area contributed by atoms with Crippen molar-refractivity contribution in [3.05, 3.63) is 53.6 Å². The molecule has 1 aromatic carbocycles. The summed E-state index contributed by atoms with van der Waals surface area (Å²) in [6, 6.07) is 4.85. The summed E-state index contributed by atoms with van der Waals surface area (Å²) < 4.78 is 71.9. The van der Waals surface area contributed by atoms with Crippen LogP contribution in [0.2, 0.25) is 0 Å². The second-order valence-electron chi connectivity index (χ2n) is 6.31. The molecule has 2 rings (SSSR count). The van der Waals surface area contributed by atoms with Gasteiger partial charge in [-0.1, -0.05) is 0 Å². The lowest BCUT2D eigenvalue weighted by Crippen LogP contribution is -2.18. The number of ether oxygens (including phenoxy) is 1. The van der Waals surface area contributed by atoms with Gasteiger partial charge in [-0.3, -0.25) is 4.79 Å². The number of carbonyl (C=O) groups is 1. The summed E-state index contributed by atoms with van der Waals surface area (Å²) in [4.78, 5) is 12.3. The van der Waals surface area contributed by atoms with Crippen LogP contribution in [-0.4, -0.2) is 43.4 Å². The van der Waals surface area contributed by atoms with Crippen LogP contribution in [0, 0.1) is 17.1 Å². The Kier molecular flexibility index (Phi) is 7.79. The topological polar surface area (TPSA) is 134 Å². The van der Waals surface area contributed by atoms with E-state index < -0.39 is 51.2 Å². The summed E-state index contributed by atoms with van der Waals surface area (Å²) in [5.41, 5.74) is -0.575. The number of nitrogens with zero attached hydrogens (tertiary/aromatic N) is 3. The number of carbonyl (C=O) groups excluding carboxylic acids is 1. The van der Waals surface area contributed by atoms with Crippen molar-refractivity contribution < 1.29 is 36.2 Å². The van der Waals surface area contributed by atoms with Crippen molar-refractivity contribution in [3.63, 3.8) is 0 Å². The fraction of sp³-hybridized carbons (Fsp3) is 0.211. The van der Waals surface area contributed by atoms with Gasteiger partial charge in [0.05, 0.1) is 18.3 Å². The summed E-state index contributed by atoms with van der Waals surface area (Å²) >= 11 is 0. The number of benzene rings is 1. The van der Waals surface area contributed by atoms with Gasteiger partial charge in [-0.05, 0) is 18.2 Å². The number of aryl methyl sites for hydroxylation is 1. The average molecular weight is 470 g/mol. The highest BCUT2D eigenvalue weighted by Gasteiger charge is 2.29. The van der Waals surface area contributed by atoms with Crippen molar-refractivity contribution in [1.29, 1.82) is 5.26 Å². The molecule has 0 bridgehead atoms. The van der Waals surface area contributed by atoms with Crippen LogP contribution in [0.15, 0.2) is 45.8 Å². The Balaban J connectivity index is 2.40. The predicted octanol–water partition coefficient (Wildman–Crippen LogP) is 2.59. The number of aliphatic hydroxyl groups is 1. The molecule has 1 atom stereocenters. The molecule has 1 amide bonds. The van der Waals surface area contributed by atoms with Gasteiger partial charge >= 0.3 is 0 Å². The molecule has 1 aromatic heterocycles. The van der Waals surface area contributed by atoms with E-state index in [-0.39, 0.29) is 29.4 Å². The van der Waals surface area contributed by atoms with Crippen LogP contribution < -0.4 is 10.1 Å². The first kappa shape index (κ1) is 24.6. The van der Waals surface area contributed by atoms with E-state index in [1.54, 1.807) is 6.07 Å². The standard InChI is InChI=1S/C19H17F3N4O5S/c1-24-32(29,30)15-10-26(2)17(18(15)31-6-5-13(27)8-16(21)22)19(28)25-12-3-4-14(20)11(7-12)9-23/h3-4,7-8,10,13,27H,1,5-6H2,2H3,(H,25,28)/t13-/m1/s1. The molecule has 0 aliphatic carbocycles. The van der Waals surface area contributed by atoms with Gasteiger partial charge < -0.3 is 19.7 Å². The summed E-state index contributed by atoms with van der Waals surface area (Å²) in [5, 5.41) is 20.8.